The topological polar surface area (TPSA) is 40.5 Å². The smallest absolute Gasteiger partial charge is 0.107 e. The molecule has 0 radical (unpaired) electrons. The molecule has 2 nitrogen and oxygen atoms in total. The van der Waals surface area contributed by atoms with Crippen LogP contribution in [-0.2, 0) is 0 Å². The van der Waals surface area contributed by atoms with Gasteiger partial charge in [0, 0.05) is 0 Å². The van der Waals surface area contributed by atoms with Crippen molar-refractivity contribution in [2.75, 3.05) is 0 Å². The van der Waals surface area contributed by atoms with Crippen LogP contribution in [0.3, 0.4) is 0 Å². The van der Waals surface area contributed by atoms with E-state index in [1.165, 1.54) is 13.8 Å². The minimum atomic E-state index is -1.20. The van der Waals surface area contributed by atoms with Crippen LogP contribution < -0.4 is 0 Å². The van der Waals surface area contributed by atoms with Crippen molar-refractivity contribution < 1.29 is 10.2 Å². The van der Waals surface area contributed by atoms with Crippen LogP contribution in [0.15, 0.2) is 18.2 Å². The zero-order valence-electron chi connectivity index (χ0n) is 7.96. The second-order valence-corrected chi connectivity index (χ2v) is 4.54. The van der Waals surface area contributed by atoms with Gasteiger partial charge in [-0.15, -0.1) is 0 Å². The Balaban J connectivity index is 3.03. The number of aliphatic hydroxyl groups excluding tert-OH is 1. The molecule has 1 unspecified atom stereocenters. The lowest BCUT2D eigenvalue weighted by Crippen LogP contribution is -2.28. The van der Waals surface area contributed by atoms with Crippen molar-refractivity contribution in [1.29, 1.82) is 0 Å². The first kappa shape index (κ1) is 11.8. The van der Waals surface area contributed by atoms with Crippen molar-refractivity contribution in [2.24, 2.45) is 0 Å². The summed E-state index contributed by atoms with van der Waals surface area (Å²) in [6.07, 6.45) is -0.975. The maximum absolute atomic E-state index is 9.72. The van der Waals surface area contributed by atoms with E-state index in [1.54, 1.807) is 18.2 Å². The lowest BCUT2D eigenvalue weighted by Gasteiger charge is -2.24. The minimum absolute atomic E-state index is 0.368. The second kappa shape index (κ2) is 4.07. The highest BCUT2D eigenvalue weighted by Gasteiger charge is 2.26. The number of benzene rings is 1. The molecule has 0 aliphatic carbocycles. The molecule has 1 aromatic rings. The molecule has 1 rings (SSSR count). The van der Waals surface area contributed by atoms with Crippen molar-refractivity contribution in [3.8, 4) is 0 Å². The molecular formula is C10H12Cl2O2. The Kier molecular flexibility index (Phi) is 3.43. The van der Waals surface area contributed by atoms with Gasteiger partial charge >= 0.3 is 0 Å². The van der Waals surface area contributed by atoms with Crippen molar-refractivity contribution in [2.45, 2.75) is 25.6 Å². The van der Waals surface area contributed by atoms with Gasteiger partial charge in [-0.25, -0.2) is 0 Å². The van der Waals surface area contributed by atoms with Crippen LogP contribution in [-0.4, -0.2) is 15.8 Å². The molecule has 0 spiro atoms. The number of hydrogen-bond acceptors (Lipinski definition) is 2. The molecule has 1 atom stereocenters. The van der Waals surface area contributed by atoms with Gasteiger partial charge in [-0.3, -0.25) is 0 Å². The summed E-state index contributed by atoms with van der Waals surface area (Å²) in [5.41, 5.74) is -0.649. The molecular weight excluding hydrogens is 223 g/mol. The summed E-state index contributed by atoms with van der Waals surface area (Å²) in [6.45, 7) is 3.06. The SMILES string of the molecule is CC(C)(O)C(O)c1ccc(Cl)c(Cl)c1. The average molecular weight is 235 g/mol. The first-order valence-electron chi connectivity index (χ1n) is 4.18. The Labute approximate surface area is 93.1 Å². The third-order valence-electron chi connectivity index (χ3n) is 1.93. The Morgan fingerprint density at radius 3 is 2.21 bits per heavy atom. The molecule has 0 aromatic heterocycles. The predicted molar refractivity (Wildman–Crippen MR) is 57.7 cm³/mol. The third-order valence-corrected chi connectivity index (χ3v) is 2.67. The monoisotopic (exact) mass is 234 g/mol. The largest absolute Gasteiger partial charge is 0.387 e. The summed E-state index contributed by atoms with van der Waals surface area (Å²) in [5, 5.41) is 20.1. The van der Waals surface area contributed by atoms with Crippen molar-refractivity contribution >= 4 is 23.2 Å². The van der Waals surface area contributed by atoms with Crippen molar-refractivity contribution in [3.05, 3.63) is 33.8 Å². The lowest BCUT2D eigenvalue weighted by molar-refractivity contribution is -0.0496. The summed E-state index contributed by atoms with van der Waals surface area (Å²) < 4.78 is 0. The minimum Gasteiger partial charge on any atom is -0.387 e. The maximum atomic E-state index is 9.72. The highest BCUT2D eigenvalue weighted by Crippen LogP contribution is 2.30. The highest BCUT2D eigenvalue weighted by molar-refractivity contribution is 6.42. The van der Waals surface area contributed by atoms with Gasteiger partial charge in [-0.2, -0.15) is 0 Å². The standard InChI is InChI=1S/C10H12Cl2O2/c1-10(2,14)9(13)6-3-4-7(11)8(12)5-6/h3-5,9,13-14H,1-2H3. The van der Waals surface area contributed by atoms with Crippen LogP contribution >= 0.6 is 23.2 Å². The van der Waals surface area contributed by atoms with Gasteiger partial charge in [0.15, 0.2) is 0 Å². The fourth-order valence-electron chi connectivity index (χ4n) is 1.09. The van der Waals surface area contributed by atoms with E-state index < -0.39 is 11.7 Å². The first-order valence-corrected chi connectivity index (χ1v) is 4.93. The zero-order chi connectivity index (χ0) is 10.9. The fraction of sp³-hybridized carbons (Fsp3) is 0.400. The van der Waals surface area contributed by atoms with Gasteiger partial charge in [0.05, 0.1) is 15.6 Å². The van der Waals surface area contributed by atoms with E-state index >= 15 is 0 Å². The third kappa shape index (κ3) is 2.61. The molecule has 0 aliphatic rings. The Bertz CT molecular complexity index is 331. The van der Waals surface area contributed by atoms with E-state index in [4.69, 9.17) is 23.2 Å². The summed E-state index contributed by atoms with van der Waals surface area (Å²) in [4.78, 5) is 0. The van der Waals surface area contributed by atoms with Gasteiger partial charge in [0.25, 0.3) is 0 Å². The van der Waals surface area contributed by atoms with Crippen LogP contribution in [0.25, 0.3) is 0 Å². The molecule has 4 heteroatoms. The van der Waals surface area contributed by atoms with E-state index in [1.807, 2.05) is 0 Å². The van der Waals surface area contributed by atoms with E-state index in [-0.39, 0.29) is 0 Å². The molecule has 0 fully saturated rings. The van der Waals surface area contributed by atoms with Gasteiger partial charge < -0.3 is 10.2 Å². The molecule has 0 bridgehead atoms. The second-order valence-electron chi connectivity index (χ2n) is 3.73. The van der Waals surface area contributed by atoms with Crippen LogP contribution in [0.1, 0.15) is 25.5 Å². The van der Waals surface area contributed by atoms with E-state index in [9.17, 15) is 10.2 Å². The molecule has 14 heavy (non-hydrogen) atoms. The zero-order valence-corrected chi connectivity index (χ0v) is 9.47. The maximum Gasteiger partial charge on any atom is 0.107 e. The van der Waals surface area contributed by atoms with E-state index in [0.717, 1.165) is 0 Å². The van der Waals surface area contributed by atoms with Gasteiger partial charge in [0.1, 0.15) is 6.10 Å². The summed E-state index contributed by atoms with van der Waals surface area (Å²) >= 11 is 11.5. The number of aliphatic hydroxyl groups is 2. The molecule has 2 N–H and O–H groups in total. The lowest BCUT2D eigenvalue weighted by atomic mass is 9.95. The van der Waals surface area contributed by atoms with Crippen LogP contribution in [0.4, 0.5) is 0 Å². The molecule has 0 heterocycles. The van der Waals surface area contributed by atoms with Crippen molar-refractivity contribution in [3.63, 3.8) is 0 Å². The Morgan fingerprint density at radius 1 is 1.21 bits per heavy atom. The van der Waals surface area contributed by atoms with Gasteiger partial charge in [-0.1, -0.05) is 29.3 Å². The molecule has 0 saturated carbocycles. The van der Waals surface area contributed by atoms with Gasteiger partial charge in [0.2, 0.25) is 0 Å². The van der Waals surface area contributed by atoms with E-state index in [0.29, 0.717) is 15.6 Å². The van der Waals surface area contributed by atoms with Crippen LogP contribution in [0, 0.1) is 0 Å². The molecule has 0 amide bonds. The molecule has 0 aliphatic heterocycles. The van der Waals surface area contributed by atoms with Gasteiger partial charge in [-0.05, 0) is 31.5 Å². The number of halogens is 2. The van der Waals surface area contributed by atoms with E-state index in [2.05, 4.69) is 0 Å². The fourth-order valence-corrected chi connectivity index (χ4v) is 1.40. The normalized spacial score (nSPS) is 14.1. The van der Waals surface area contributed by atoms with Crippen LogP contribution in [0.5, 0.6) is 0 Å². The molecule has 0 saturated heterocycles. The summed E-state index contributed by atoms with van der Waals surface area (Å²) in [5.74, 6) is 0. The quantitative estimate of drug-likeness (QED) is 0.827. The predicted octanol–water partition coefficient (Wildman–Crippen LogP) is 2.80. The summed E-state index contributed by atoms with van der Waals surface area (Å²) in [7, 11) is 0. The average Bonchev–Trinajstić information content (AvgIpc) is 2.07. The molecule has 78 valence electrons. The Hall–Kier alpha value is -0.280. The first-order chi connectivity index (χ1) is 6.32. The number of rotatable bonds is 2. The summed E-state index contributed by atoms with van der Waals surface area (Å²) in [6, 6.07) is 4.78. The number of hydrogen-bond donors (Lipinski definition) is 2. The van der Waals surface area contributed by atoms with Crippen molar-refractivity contribution in [1.82, 2.24) is 0 Å². The molecule has 1 aromatic carbocycles. The highest BCUT2D eigenvalue weighted by atomic mass is 35.5. The van der Waals surface area contributed by atoms with Crippen LogP contribution in [0.2, 0.25) is 10.0 Å². The Morgan fingerprint density at radius 2 is 1.79 bits per heavy atom.